The van der Waals surface area contributed by atoms with Gasteiger partial charge in [-0.1, -0.05) is 12.1 Å². The number of carbonyl (C=O) groups excluding carboxylic acids is 1. The van der Waals surface area contributed by atoms with E-state index in [1.807, 2.05) is 30.2 Å². The maximum atomic E-state index is 13.2. The van der Waals surface area contributed by atoms with E-state index in [9.17, 15) is 4.79 Å². The Labute approximate surface area is 151 Å². The average molecular weight is 351 g/mol. The molecule has 0 aromatic carbocycles. The molecule has 26 heavy (non-hydrogen) atoms. The van der Waals surface area contributed by atoms with Crippen LogP contribution in [0.4, 0.5) is 0 Å². The van der Waals surface area contributed by atoms with Crippen LogP contribution < -0.4 is 0 Å². The number of aromatic amines is 1. The topological polar surface area (TPSA) is 87.9 Å². The highest BCUT2D eigenvalue weighted by atomic mass is 16.5. The highest BCUT2D eigenvalue weighted by Gasteiger charge is 2.35. The average Bonchev–Trinajstić information content (AvgIpc) is 3.40. The van der Waals surface area contributed by atoms with Gasteiger partial charge < -0.3 is 9.42 Å². The van der Waals surface area contributed by atoms with E-state index in [1.54, 1.807) is 19.3 Å². The number of hydrogen-bond donors (Lipinski definition) is 1. The zero-order valence-corrected chi connectivity index (χ0v) is 14.9. The molecule has 7 heteroatoms. The summed E-state index contributed by atoms with van der Waals surface area (Å²) in [5.41, 5.74) is 4.34. The number of likely N-dealkylation sites (tertiary alicyclic amines) is 1. The molecule has 1 amide bonds. The standard InChI is InChI=1S/C19H21N5O2/c1-3-15-17(12(2)26-23-15)19(25)24-10-4-5-16(24)18-14(11-21-22-18)13-6-8-20-9-7-13/h6-9,11,16H,3-5,10H2,1-2H3,(H,21,22)/t16-/m1/s1. The third-order valence-electron chi connectivity index (χ3n) is 4.99. The summed E-state index contributed by atoms with van der Waals surface area (Å²) in [6.45, 7) is 4.49. The summed E-state index contributed by atoms with van der Waals surface area (Å²) in [5.74, 6) is 0.565. The third kappa shape index (κ3) is 2.69. The molecule has 7 nitrogen and oxygen atoms in total. The third-order valence-corrected chi connectivity index (χ3v) is 4.99. The number of pyridine rings is 1. The van der Waals surface area contributed by atoms with Gasteiger partial charge in [0.15, 0.2) is 0 Å². The van der Waals surface area contributed by atoms with E-state index in [4.69, 9.17) is 4.52 Å². The van der Waals surface area contributed by atoms with Crippen molar-refractivity contribution in [3.05, 3.63) is 53.4 Å². The molecular weight excluding hydrogens is 330 g/mol. The smallest absolute Gasteiger partial charge is 0.259 e. The number of H-pyrrole nitrogens is 1. The van der Waals surface area contributed by atoms with E-state index >= 15 is 0 Å². The van der Waals surface area contributed by atoms with Crippen LogP contribution in [0.1, 0.15) is 53.3 Å². The molecule has 3 aromatic rings. The Morgan fingerprint density at radius 2 is 2.19 bits per heavy atom. The van der Waals surface area contributed by atoms with Crippen LogP contribution in [0.5, 0.6) is 0 Å². The highest BCUT2D eigenvalue weighted by Crippen LogP contribution is 2.37. The molecule has 1 fully saturated rings. The van der Waals surface area contributed by atoms with Gasteiger partial charge >= 0.3 is 0 Å². The van der Waals surface area contributed by atoms with Gasteiger partial charge in [0.1, 0.15) is 11.3 Å². The van der Waals surface area contributed by atoms with Crippen LogP contribution in [0, 0.1) is 6.92 Å². The lowest BCUT2D eigenvalue weighted by molar-refractivity contribution is 0.0730. The maximum Gasteiger partial charge on any atom is 0.259 e. The van der Waals surface area contributed by atoms with Crippen molar-refractivity contribution in [3.63, 3.8) is 0 Å². The molecule has 134 valence electrons. The molecule has 1 N–H and O–H groups in total. The van der Waals surface area contributed by atoms with E-state index < -0.39 is 0 Å². The number of hydrogen-bond acceptors (Lipinski definition) is 5. The molecular formula is C19H21N5O2. The summed E-state index contributed by atoms with van der Waals surface area (Å²) in [6.07, 6.45) is 7.86. The van der Waals surface area contributed by atoms with Crippen molar-refractivity contribution in [1.82, 2.24) is 25.2 Å². The Balaban J connectivity index is 1.69. The first-order valence-corrected chi connectivity index (χ1v) is 8.90. The van der Waals surface area contributed by atoms with Gasteiger partial charge in [-0.15, -0.1) is 0 Å². The van der Waals surface area contributed by atoms with Crippen molar-refractivity contribution >= 4 is 5.91 Å². The van der Waals surface area contributed by atoms with Crippen LogP contribution in [0.3, 0.4) is 0 Å². The van der Waals surface area contributed by atoms with E-state index in [0.29, 0.717) is 24.3 Å². The van der Waals surface area contributed by atoms with Gasteiger partial charge in [-0.3, -0.25) is 14.9 Å². The van der Waals surface area contributed by atoms with E-state index in [2.05, 4.69) is 20.3 Å². The molecule has 4 heterocycles. The minimum absolute atomic E-state index is 0.0154. The van der Waals surface area contributed by atoms with E-state index in [1.165, 1.54) is 0 Å². The molecule has 1 atom stereocenters. The van der Waals surface area contributed by atoms with Crippen LogP contribution in [0.25, 0.3) is 11.1 Å². The highest BCUT2D eigenvalue weighted by molar-refractivity contribution is 5.96. The predicted octanol–water partition coefficient (Wildman–Crippen LogP) is 3.31. The molecule has 0 aliphatic carbocycles. The molecule has 0 spiro atoms. The van der Waals surface area contributed by atoms with Gasteiger partial charge in [-0.05, 0) is 43.9 Å². The second-order valence-electron chi connectivity index (χ2n) is 6.50. The summed E-state index contributed by atoms with van der Waals surface area (Å²) in [4.78, 5) is 19.2. The normalized spacial score (nSPS) is 17.0. The quantitative estimate of drug-likeness (QED) is 0.779. The number of nitrogens with zero attached hydrogens (tertiary/aromatic N) is 4. The maximum absolute atomic E-state index is 13.2. The monoisotopic (exact) mass is 351 g/mol. The van der Waals surface area contributed by atoms with E-state index in [0.717, 1.165) is 35.4 Å². The first-order valence-electron chi connectivity index (χ1n) is 8.90. The second kappa shape index (κ2) is 6.74. The Morgan fingerprint density at radius 1 is 1.38 bits per heavy atom. The van der Waals surface area contributed by atoms with Crippen LogP contribution in [-0.4, -0.2) is 37.7 Å². The molecule has 0 unspecified atom stereocenters. The fourth-order valence-corrected chi connectivity index (χ4v) is 3.70. The van der Waals surface area contributed by atoms with Crippen molar-refractivity contribution in [2.45, 2.75) is 39.2 Å². The molecule has 1 aliphatic heterocycles. The molecule has 0 saturated carbocycles. The van der Waals surface area contributed by atoms with Crippen LogP contribution in [-0.2, 0) is 6.42 Å². The lowest BCUT2D eigenvalue weighted by Gasteiger charge is -2.25. The first-order chi connectivity index (χ1) is 12.7. The molecule has 0 radical (unpaired) electrons. The Kier molecular flexibility index (Phi) is 4.28. The van der Waals surface area contributed by atoms with E-state index in [-0.39, 0.29) is 11.9 Å². The predicted molar refractivity (Wildman–Crippen MR) is 95.4 cm³/mol. The summed E-state index contributed by atoms with van der Waals surface area (Å²) < 4.78 is 5.26. The zero-order valence-electron chi connectivity index (χ0n) is 14.9. The largest absolute Gasteiger partial charge is 0.361 e. The number of carbonyl (C=O) groups is 1. The van der Waals surface area contributed by atoms with Gasteiger partial charge in [0, 0.05) is 24.5 Å². The van der Waals surface area contributed by atoms with Crippen molar-refractivity contribution in [2.75, 3.05) is 6.54 Å². The van der Waals surface area contributed by atoms with Crippen molar-refractivity contribution in [3.8, 4) is 11.1 Å². The molecule has 3 aromatic heterocycles. The molecule has 4 rings (SSSR count). The Hall–Kier alpha value is -2.96. The number of aryl methyl sites for hydroxylation is 2. The fraction of sp³-hybridized carbons (Fsp3) is 0.368. The van der Waals surface area contributed by atoms with Crippen LogP contribution >= 0.6 is 0 Å². The second-order valence-corrected chi connectivity index (χ2v) is 6.50. The number of nitrogens with one attached hydrogen (secondary N) is 1. The van der Waals surface area contributed by atoms with Gasteiger partial charge in [-0.25, -0.2) is 0 Å². The number of rotatable bonds is 4. The summed E-state index contributed by atoms with van der Waals surface area (Å²) >= 11 is 0. The fourth-order valence-electron chi connectivity index (χ4n) is 3.70. The van der Waals surface area contributed by atoms with Gasteiger partial charge in [0.25, 0.3) is 5.91 Å². The number of amides is 1. The summed E-state index contributed by atoms with van der Waals surface area (Å²) in [6, 6.07) is 3.87. The molecule has 1 aliphatic rings. The first kappa shape index (κ1) is 16.5. The molecule has 1 saturated heterocycles. The van der Waals surface area contributed by atoms with Crippen molar-refractivity contribution in [1.29, 1.82) is 0 Å². The summed E-state index contributed by atoms with van der Waals surface area (Å²) in [5, 5.41) is 11.4. The minimum Gasteiger partial charge on any atom is -0.361 e. The number of aromatic nitrogens is 4. The lowest BCUT2D eigenvalue weighted by Crippen LogP contribution is -2.31. The van der Waals surface area contributed by atoms with Crippen molar-refractivity contribution < 1.29 is 9.32 Å². The SMILES string of the molecule is CCc1noc(C)c1C(=O)N1CCC[C@@H]1c1[nH]ncc1-c1ccncc1. The Bertz CT molecular complexity index is 915. The zero-order chi connectivity index (χ0) is 18.1. The van der Waals surface area contributed by atoms with Crippen LogP contribution in [0.2, 0.25) is 0 Å². The van der Waals surface area contributed by atoms with Crippen LogP contribution in [0.15, 0.2) is 35.2 Å². The lowest BCUT2D eigenvalue weighted by atomic mass is 10.0. The molecule has 0 bridgehead atoms. The summed E-state index contributed by atoms with van der Waals surface area (Å²) in [7, 11) is 0. The van der Waals surface area contributed by atoms with Gasteiger partial charge in [-0.2, -0.15) is 5.10 Å². The van der Waals surface area contributed by atoms with Gasteiger partial charge in [0.2, 0.25) is 0 Å². The van der Waals surface area contributed by atoms with Crippen molar-refractivity contribution in [2.24, 2.45) is 0 Å². The minimum atomic E-state index is -0.0350. The van der Waals surface area contributed by atoms with Gasteiger partial charge in [0.05, 0.1) is 23.6 Å². The Morgan fingerprint density at radius 3 is 2.96 bits per heavy atom.